The zero-order valence-electron chi connectivity index (χ0n) is 14.9. The average Bonchev–Trinajstić information content (AvgIpc) is 2.60. The minimum Gasteiger partial charge on any atom is -0.368 e. The van der Waals surface area contributed by atoms with E-state index in [1.54, 1.807) is 6.92 Å². The van der Waals surface area contributed by atoms with E-state index in [4.69, 9.17) is 11.6 Å². The Morgan fingerprint density at radius 1 is 1.20 bits per heavy atom. The molecule has 2 rings (SSSR count). The van der Waals surface area contributed by atoms with Crippen molar-refractivity contribution in [3.05, 3.63) is 29.3 Å². The van der Waals surface area contributed by atoms with Crippen LogP contribution in [0.25, 0.3) is 0 Å². The fourth-order valence-electron chi connectivity index (χ4n) is 2.81. The largest absolute Gasteiger partial charge is 0.368 e. The minimum atomic E-state index is -0.511. The number of nitrogens with one attached hydrogen (secondary N) is 2. The van der Waals surface area contributed by atoms with Gasteiger partial charge in [-0.05, 0) is 25.5 Å². The van der Waals surface area contributed by atoms with Crippen molar-refractivity contribution in [2.75, 3.05) is 44.2 Å². The first-order valence-electron chi connectivity index (χ1n) is 8.80. The average molecular weight is 367 g/mol. The number of hydrogen-bond acceptors (Lipinski definition) is 4. The Bertz CT molecular complexity index is 588. The first-order chi connectivity index (χ1) is 12.0. The Labute approximate surface area is 154 Å². The molecular weight excluding hydrogens is 340 g/mol. The highest BCUT2D eigenvalue weighted by molar-refractivity contribution is 6.33. The number of rotatable bonds is 7. The van der Waals surface area contributed by atoms with Gasteiger partial charge in [0.05, 0.1) is 17.3 Å². The van der Waals surface area contributed by atoms with Gasteiger partial charge >= 0.3 is 0 Å². The lowest BCUT2D eigenvalue weighted by Gasteiger charge is -2.36. The second-order valence-electron chi connectivity index (χ2n) is 6.29. The summed E-state index contributed by atoms with van der Waals surface area (Å²) >= 11 is 6.24. The molecule has 2 N–H and O–H groups in total. The third-order valence-corrected chi connectivity index (χ3v) is 4.57. The van der Waals surface area contributed by atoms with E-state index in [-0.39, 0.29) is 11.8 Å². The van der Waals surface area contributed by atoms with E-state index in [0.29, 0.717) is 13.1 Å². The molecule has 138 valence electrons. The molecule has 2 amide bonds. The van der Waals surface area contributed by atoms with Crippen LogP contribution in [0.15, 0.2) is 24.3 Å². The van der Waals surface area contributed by atoms with Gasteiger partial charge in [0.1, 0.15) is 6.04 Å². The van der Waals surface area contributed by atoms with Crippen molar-refractivity contribution in [2.24, 2.45) is 0 Å². The van der Waals surface area contributed by atoms with Crippen molar-refractivity contribution < 1.29 is 9.59 Å². The zero-order chi connectivity index (χ0) is 18.2. The topological polar surface area (TPSA) is 64.7 Å². The maximum atomic E-state index is 12.1. The van der Waals surface area contributed by atoms with Gasteiger partial charge in [0, 0.05) is 32.7 Å². The summed E-state index contributed by atoms with van der Waals surface area (Å²) in [6.07, 6.45) is 0.877. The second-order valence-corrected chi connectivity index (χ2v) is 6.70. The quantitative estimate of drug-likeness (QED) is 0.767. The molecule has 0 radical (unpaired) electrons. The first kappa shape index (κ1) is 19.5. The highest BCUT2D eigenvalue weighted by atomic mass is 35.5. The minimum absolute atomic E-state index is 0.120. The number of carbonyl (C=O) groups excluding carboxylic acids is 2. The Morgan fingerprint density at radius 3 is 2.52 bits per heavy atom. The molecule has 1 aromatic carbocycles. The number of benzene rings is 1. The summed E-state index contributed by atoms with van der Waals surface area (Å²) in [5.41, 5.74) is 1.04. The van der Waals surface area contributed by atoms with Gasteiger partial charge in [0.25, 0.3) is 0 Å². The molecule has 1 aliphatic heterocycles. The lowest BCUT2D eigenvalue weighted by atomic mass is 10.2. The number of piperazine rings is 1. The van der Waals surface area contributed by atoms with E-state index < -0.39 is 6.04 Å². The van der Waals surface area contributed by atoms with Gasteiger partial charge in [0.15, 0.2) is 0 Å². The zero-order valence-corrected chi connectivity index (χ0v) is 15.7. The molecule has 0 aromatic heterocycles. The summed E-state index contributed by atoms with van der Waals surface area (Å²) in [7, 11) is 0. The summed E-state index contributed by atoms with van der Waals surface area (Å²) in [6, 6.07) is 7.29. The van der Waals surface area contributed by atoms with Crippen molar-refractivity contribution in [2.45, 2.75) is 26.3 Å². The Morgan fingerprint density at radius 2 is 1.88 bits per heavy atom. The molecule has 1 aromatic rings. The molecule has 1 atom stereocenters. The van der Waals surface area contributed by atoms with Crippen molar-refractivity contribution in [1.29, 1.82) is 0 Å². The Balaban J connectivity index is 1.75. The lowest BCUT2D eigenvalue weighted by molar-refractivity contribution is -0.129. The van der Waals surface area contributed by atoms with Crippen LogP contribution >= 0.6 is 11.6 Å². The van der Waals surface area contributed by atoms with Crippen LogP contribution in [0, 0.1) is 0 Å². The third kappa shape index (κ3) is 5.90. The molecule has 0 saturated carbocycles. The normalized spacial score (nSPS) is 16.4. The number of para-hydroxylation sites is 1. The van der Waals surface area contributed by atoms with Gasteiger partial charge in [-0.25, -0.2) is 0 Å². The van der Waals surface area contributed by atoms with Gasteiger partial charge in [-0.2, -0.15) is 0 Å². The van der Waals surface area contributed by atoms with E-state index in [9.17, 15) is 9.59 Å². The second kappa shape index (κ2) is 9.63. The van der Waals surface area contributed by atoms with Crippen molar-refractivity contribution in [3.63, 3.8) is 0 Å². The van der Waals surface area contributed by atoms with Crippen LogP contribution in [0.1, 0.15) is 20.3 Å². The Kier molecular flexibility index (Phi) is 7.52. The van der Waals surface area contributed by atoms with Gasteiger partial charge in [-0.15, -0.1) is 0 Å². The van der Waals surface area contributed by atoms with Crippen LogP contribution in [-0.4, -0.2) is 62.0 Å². The highest BCUT2D eigenvalue weighted by Gasteiger charge is 2.22. The van der Waals surface area contributed by atoms with E-state index >= 15 is 0 Å². The number of halogens is 1. The van der Waals surface area contributed by atoms with Gasteiger partial charge < -0.3 is 15.5 Å². The predicted octanol–water partition coefficient (Wildman–Crippen LogP) is 1.49. The SMILES string of the molecule is CCCNC(=O)[C@H](C)NC(=O)CN1CCN(c2ccccc2Cl)CC1. The van der Waals surface area contributed by atoms with Crippen LogP contribution in [0.2, 0.25) is 5.02 Å². The maximum Gasteiger partial charge on any atom is 0.242 e. The number of nitrogens with zero attached hydrogens (tertiary/aromatic N) is 2. The maximum absolute atomic E-state index is 12.1. The monoisotopic (exact) mass is 366 g/mol. The number of amides is 2. The predicted molar refractivity (Wildman–Crippen MR) is 101 cm³/mol. The Hall–Kier alpha value is -1.79. The molecular formula is C18H27ClN4O2. The molecule has 0 unspecified atom stereocenters. The lowest BCUT2D eigenvalue weighted by Crippen LogP contribution is -2.52. The van der Waals surface area contributed by atoms with Gasteiger partial charge in [-0.1, -0.05) is 30.7 Å². The summed E-state index contributed by atoms with van der Waals surface area (Å²) in [5, 5.41) is 6.29. The van der Waals surface area contributed by atoms with Crippen LogP contribution in [-0.2, 0) is 9.59 Å². The first-order valence-corrected chi connectivity index (χ1v) is 9.18. The number of carbonyl (C=O) groups is 2. The third-order valence-electron chi connectivity index (χ3n) is 4.25. The molecule has 7 heteroatoms. The molecule has 0 bridgehead atoms. The van der Waals surface area contributed by atoms with Crippen molar-refractivity contribution in [3.8, 4) is 0 Å². The van der Waals surface area contributed by atoms with Crippen molar-refractivity contribution >= 4 is 29.1 Å². The van der Waals surface area contributed by atoms with Crippen molar-refractivity contribution in [1.82, 2.24) is 15.5 Å². The summed E-state index contributed by atoms with van der Waals surface area (Å²) in [6.45, 7) is 7.85. The fraction of sp³-hybridized carbons (Fsp3) is 0.556. The molecule has 25 heavy (non-hydrogen) atoms. The molecule has 1 aliphatic rings. The molecule has 0 spiro atoms. The fourth-order valence-corrected chi connectivity index (χ4v) is 3.07. The van der Waals surface area contributed by atoms with Gasteiger partial charge in [0.2, 0.25) is 11.8 Å². The molecule has 0 aliphatic carbocycles. The summed E-state index contributed by atoms with van der Waals surface area (Å²) in [5.74, 6) is -0.260. The van der Waals surface area contributed by atoms with Crippen LogP contribution in [0.3, 0.4) is 0 Å². The molecule has 1 saturated heterocycles. The summed E-state index contributed by atoms with van der Waals surface area (Å²) in [4.78, 5) is 28.3. The standard InChI is InChI=1S/C18H27ClN4O2/c1-3-8-20-18(25)14(2)21-17(24)13-22-9-11-23(12-10-22)16-7-5-4-6-15(16)19/h4-7,14H,3,8-13H2,1-2H3,(H,20,25)(H,21,24)/t14-/m0/s1. The van der Waals surface area contributed by atoms with E-state index in [0.717, 1.165) is 43.3 Å². The van der Waals surface area contributed by atoms with Gasteiger partial charge in [-0.3, -0.25) is 14.5 Å². The molecule has 1 fully saturated rings. The number of anilines is 1. The van der Waals surface area contributed by atoms with Crippen LogP contribution in [0.4, 0.5) is 5.69 Å². The number of hydrogen-bond donors (Lipinski definition) is 2. The van der Waals surface area contributed by atoms with Crippen LogP contribution in [0.5, 0.6) is 0 Å². The van der Waals surface area contributed by atoms with Crippen LogP contribution < -0.4 is 15.5 Å². The smallest absolute Gasteiger partial charge is 0.242 e. The van der Waals surface area contributed by atoms with E-state index in [1.807, 2.05) is 31.2 Å². The molecule has 6 nitrogen and oxygen atoms in total. The molecule has 1 heterocycles. The van der Waals surface area contributed by atoms with E-state index in [1.165, 1.54) is 0 Å². The van der Waals surface area contributed by atoms with E-state index in [2.05, 4.69) is 20.4 Å². The highest BCUT2D eigenvalue weighted by Crippen LogP contribution is 2.25. The summed E-state index contributed by atoms with van der Waals surface area (Å²) < 4.78 is 0.